The summed E-state index contributed by atoms with van der Waals surface area (Å²) in [5.41, 5.74) is 8.42. The fraction of sp³-hybridized carbons (Fsp3) is 0.235. The lowest BCUT2D eigenvalue weighted by atomic mass is 10.1. The Balaban J connectivity index is 1.63. The average Bonchev–Trinajstić information content (AvgIpc) is 2.62. The molecule has 0 aromatic heterocycles. The third-order valence-corrected chi connectivity index (χ3v) is 4.11. The summed E-state index contributed by atoms with van der Waals surface area (Å²) in [6.45, 7) is 3.54. The molecule has 120 valence electrons. The van der Waals surface area contributed by atoms with E-state index in [1.54, 1.807) is 0 Å². The van der Waals surface area contributed by atoms with E-state index in [-0.39, 0.29) is 11.7 Å². The average molecular weight is 314 g/mol. The number of anilines is 2. The van der Waals surface area contributed by atoms with Gasteiger partial charge >= 0.3 is 0 Å². The minimum atomic E-state index is -0.210. The Labute approximate surface area is 134 Å². The summed E-state index contributed by atoms with van der Waals surface area (Å²) in [6, 6.07) is 14.3. The molecule has 3 N–H and O–H groups in total. The van der Waals surface area contributed by atoms with E-state index in [0.717, 1.165) is 37.6 Å². The number of piperazine rings is 1. The van der Waals surface area contributed by atoms with Gasteiger partial charge in [-0.3, -0.25) is 0 Å². The molecule has 0 bridgehead atoms. The molecular weight excluding hydrogens is 295 g/mol. The highest BCUT2D eigenvalue weighted by atomic mass is 19.1. The van der Waals surface area contributed by atoms with Crippen molar-refractivity contribution in [2.24, 2.45) is 10.9 Å². The van der Waals surface area contributed by atoms with Crippen LogP contribution in [0, 0.1) is 5.82 Å². The van der Waals surface area contributed by atoms with E-state index in [2.05, 4.69) is 15.0 Å². The first-order chi connectivity index (χ1) is 11.2. The predicted octanol–water partition coefficient (Wildman–Crippen LogP) is 2.25. The molecule has 3 rings (SSSR count). The fourth-order valence-electron chi connectivity index (χ4n) is 2.78. The van der Waals surface area contributed by atoms with E-state index in [1.165, 1.54) is 12.1 Å². The maximum Gasteiger partial charge on any atom is 0.170 e. The van der Waals surface area contributed by atoms with Gasteiger partial charge in [0.1, 0.15) is 5.82 Å². The Hall–Kier alpha value is -2.76. The molecule has 1 fully saturated rings. The van der Waals surface area contributed by atoms with E-state index in [0.29, 0.717) is 5.56 Å². The molecule has 0 saturated carbocycles. The van der Waals surface area contributed by atoms with Crippen molar-refractivity contribution >= 4 is 17.2 Å². The molecule has 2 aromatic rings. The number of oxime groups is 1. The molecule has 2 aromatic carbocycles. The Morgan fingerprint density at radius 2 is 1.30 bits per heavy atom. The molecule has 0 amide bonds. The van der Waals surface area contributed by atoms with E-state index < -0.39 is 0 Å². The molecule has 23 heavy (non-hydrogen) atoms. The van der Waals surface area contributed by atoms with Crippen molar-refractivity contribution in [3.05, 3.63) is 59.9 Å². The first-order valence-corrected chi connectivity index (χ1v) is 7.51. The lowest BCUT2D eigenvalue weighted by molar-refractivity contribution is 0.318. The van der Waals surface area contributed by atoms with Crippen LogP contribution in [0.15, 0.2) is 53.7 Å². The zero-order chi connectivity index (χ0) is 16.2. The van der Waals surface area contributed by atoms with Crippen molar-refractivity contribution in [2.75, 3.05) is 36.0 Å². The first kappa shape index (κ1) is 15.1. The Bertz CT molecular complexity index is 677. The van der Waals surface area contributed by atoms with Crippen LogP contribution in [0.5, 0.6) is 0 Å². The number of halogens is 1. The molecule has 1 heterocycles. The van der Waals surface area contributed by atoms with Crippen LogP contribution in [0.25, 0.3) is 0 Å². The van der Waals surface area contributed by atoms with Crippen molar-refractivity contribution in [3.63, 3.8) is 0 Å². The van der Waals surface area contributed by atoms with Gasteiger partial charge in [0, 0.05) is 43.1 Å². The zero-order valence-electron chi connectivity index (χ0n) is 12.7. The lowest BCUT2D eigenvalue weighted by Gasteiger charge is -2.37. The summed E-state index contributed by atoms with van der Waals surface area (Å²) in [6.07, 6.45) is 0. The van der Waals surface area contributed by atoms with E-state index in [9.17, 15) is 4.39 Å². The summed E-state index contributed by atoms with van der Waals surface area (Å²) in [7, 11) is 0. The lowest BCUT2D eigenvalue weighted by Crippen LogP contribution is -2.46. The Morgan fingerprint density at radius 1 is 0.870 bits per heavy atom. The monoisotopic (exact) mass is 314 g/mol. The molecule has 1 saturated heterocycles. The van der Waals surface area contributed by atoms with E-state index >= 15 is 0 Å². The van der Waals surface area contributed by atoms with Crippen molar-refractivity contribution in [3.8, 4) is 0 Å². The second-order valence-corrected chi connectivity index (χ2v) is 5.48. The van der Waals surface area contributed by atoms with Crippen LogP contribution >= 0.6 is 0 Å². The Morgan fingerprint density at radius 3 is 1.74 bits per heavy atom. The van der Waals surface area contributed by atoms with Crippen LogP contribution in [-0.4, -0.2) is 37.2 Å². The Kier molecular flexibility index (Phi) is 4.32. The van der Waals surface area contributed by atoms with Crippen molar-refractivity contribution < 1.29 is 9.60 Å². The third kappa shape index (κ3) is 3.36. The predicted molar refractivity (Wildman–Crippen MR) is 89.8 cm³/mol. The molecule has 0 spiro atoms. The van der Waals surface area contributed by atoms with Gasteiger partial charge in [0.25, 0.3) is 0 Å². The number of amidine groups is 1. The summed E-state index contributed by atoms with van der Waals surface area (Å²) in [5.74, 6) is -0.101. The first-order valence-electron chi connectivity index (χ1n) is 7.51. The van der Waals surface area contributed by atoms with Gasteiger partial charge in [-0.1, -0.05) is 5.16 Å². The van der Waals surface area contributed by atoms with Gasteiger partial charge in [-0.2, -0.15) is 0 Å². The van der Waals surface area contributed by atoms with Crippen LogP contribution in [0.1, 0.15) is 5.56 Å². The standard InChI is InChI=1S/C17H19FN4O/c18-14-3-7-16(8-4-14)22-11-9-21(10-12-22)15-5-1-13(2-6-15)17(19)20-23/h1-8,23H,9-12H2,(H2,19,20). The van der Waals surface area contributed by atoms with Gasteiger partial charge in [-0.15, -0.1) is 0 Å². The van der Waals surface area contributed by atoms with E-state index in [1.807, 2.05) is 36.4 Å². The van der Waals surface area contributed by atoms with Crippen LogP contribution in [0.3, 0.4) is 0 Å². The number of nitrogens with two attached hydrogens (primary N) is 1. The number of hydrogen-bond donors (Lipinski definition) is 2. The van der Waals surface area contributed by atoms with Crippen LogP contribution < -0.4 is 15.5 Å². The van der Waals surface area contributed by atoms with Gasteiger partial charge in [-0.05, 0) is 48.5 Å². The van der Waals surface area contributed by atoms with Gasteiger partial charge in [-0.25, -0.2) is 4.39 Å². The summed E-state index contributed by atoms with van der Waals surface area (Å²) >= 11 is 0. The second-order valence-electron chi connectivity index (χ2n) is 5.48. The van der Waals surface area contributed by atoms with Crippen LogP contribution in [-0.2, 0) is 0 Å². The SMILES string of the molecule is N/C(=N\O)c1ccc(N2CCN(c3ccc(F)cc3)CC2)cc1. The number of benzene rings is 2. The molecule has 1 aliphatic heterocycles. The van der Waals surface area contributed by atoms with Gasteiger partial charge in [0.2, 0.25) is 0 Å². The largest absolute Gasteiger partial charge is 0.409 e. The normalized spacial score (nSPS) is 15.8. The van der Waals surface area contributed by atoms with Gasteiger partial charge < -0.3 is 20.7 Å². The smallest absolute Gasteiger partial charge is 0.170 e. The van der Waals surface area contributed by atoms with Gasteiger partial charge in [0.15, 0.2) is 5.84 Å². The fourth-order valence-corrected chi connectivity index (χ4v) is 2.78. The number of nitrogens with zero attached hydrogens (tertiary/aromatic N) is 3. The molecule has 0 aliphatic carbocycles. The molecular formula is C17H19FN4O. The maximum absolute atomic E-state index is 13.0. The van der Waals surface area contributed by atoms with E-state index in [4.69, 9.17) is 10.9 Å². The zero-order valence-corrected chi connectivity index (χ0v) is 12.7. The van der Waals surface area contributed by atoms with Gasteiger partial charge in [0.05, 0.1) is 0 Å². The molecule has 0 atom stereocenters. The summed E-state index contributed by atoms with van der Waals surface area (Å²) in [5, 5.41) is 11.7. The highest BCUT2D eigenvalue weighted by Gasteiger charge is 2.17. The second kappa shape index (κ2) is 6.56. The van der Waals surface area contributed by atoms with Crippen molar-refractivity contribution in [1.29, 1.82) is 0 Å². The number of hydrogen-bond acceptors (Lipinski definition) is 4. The molecule has 5 nitrogen and oxygen atoms in total. The highest BCUT2D eigenvalue weighted by molar-refractivity contribution is 5.97. The van der Waals surface area contributed by atoms with Crippen molar-refractivity contribution in [2.45, 2.75) is 0 Å². The third-order valence-electron chi connectivity index (χ3n) is 4.11. The highest BCUT2D eigenvalue weighted by Crippen LogP contribution is 2.21. The topological polar surface area (TPSA) is 65.1 Å². The molecule has 6 heteroatoms. The number of rotatable bonds is 3. The molecule has 0 unspecified atom stereocenters. The van der Waals surface area contributed by atoms with Crippen LogP contribution in [0.4, 0.5) is 15.8 Å². The molecule has 1 aliphatic rings. The molecule has 0 radical (unpaired) electrons. The minimum absolute atomic E-state index is 0.109. The maximum atomic E-state index is 13.0. The quantitative estimate of drug-likeness (QED) is 0.395. The van der Waals surface area contributed by atoms with Crippen molar-refractivity contribution in [1.82, 2.24) is 0 Å². The van der Waals surface area contributed by atoms with Crippen LogP contribution in [0.2, 0.25) is 0 Å². The summed E-state index contributed by atoms with van der Waals surface area (Å²) < 4.78 is 13.0. The minimum Gasteiger partial charge on any atom is -0.409 e. The summed E-state index contributed by atoms with van der Waals surface area (Å²) in [4.78, 5) is 4.54.